The lowest BCUT2D eigenvalue weighted by molar-refractivity contribution is -0.338. The Morgan fingerprint density at radius 3 is 2.29 bits per heavy atom. The number of benzene rings is 1. The fourth-order valence-corrected chi connectivity index (χ4v) is 6.13. The van der Waals surface area contributed by atoms with Gasteiger partial charge in [0.1, 0.15) is 34.2 Å². The van der Waals surface area contributed by atoms with Crippen molar-refractivity contribution in [3.63, 3.8) is 0 Å². The Labute approximate surface area is 254 Å². The molecule has 2 aromatic heterocycles. The molecule has 3 aliphatic carbocycles. The summed E-state index contributed by atoms with van der Waals surface area (Å²) in [7, 11) is 0. The van der Waals surface area contributed by atoms with Crippen LogP contribution in [0.1, 0.15) is 87.3 Å². The quantitative estimate of drug-likeness (QED) is 0.267. The van der Waals surface area contributed by atoms with E-state index in [1.165, 1.54) is 10.7 Å². The number of primary amides is 1. The van der Waals surface area contributed by atoms with Crippen LogP contribution in [0.2, 0.25) is 0 Å². The number of hydrogen-bond acceptors (Lipinski definition) is 7. The van der Waals surface area contributed by atoms with E-state index in [9.17, 15) is 27.6 Å². The first-order valence-corrected chi connectivity index (χ1v) is 14.2. The number of nitrogens with one attached hydrogen (secondary N) is 1. The van der Waals surface area contributed by atoms with E-state index in [4.69, 9.17) is 15.0 Å². The molecule has 2 amide bonds. The molecule has 3 aromatic rings. The highest BCUT2D eigenvalue weighted by atomic mass is 19.4. The van der Waals surface area contributed by atoms with Gasteiger partial charge in [-0.1, -0.05) is 11.2 Å². The molecule has 0 saturated heterocycles. The van der Waals surface area contributed by atoms with Crippen molar-refractivity contribution in [2.45, 2.75) is 90.0 Å². The minimum Gasteiger partial charge on any atom is -0.444 e. The van der Waals surface area contributed by atoms with Crippen molar-refractivity contribution in [1.29, 1.82) is 0 Å². The second kappa shape index (κ2) is 10.7. The molecule has 45 heavy (non-hydrogen) atoms. The van der Waals surface area contributed by atoms with Gasteiger partial charge in [0.2, 0.25) is 0 Å². The van der Waals surface area contributed by atoms with E-state index in [2.05, 4.69) is 15.6 Å². The van der Waals surface area contributed by atoms with Gasteiger partial charge in [0.05, 0.1) is 17.5 Å². The maximum absolute atomic E-state index is 15.5. The molecule has 0 atom stereocenters. The summed E-state index contributed by atoms with van der Waals surface area (Å²) >= 11 is 0. The number of Topliss-reactive ketones (excluding diaryl/α,β-unsaturated/α-hetero) is 1. The van der Waals surface area contributed by atoms with Gasteiger partial charge in [-0.25, -0.2) is 18.3 Å². The first-order valence-electron chi connectivity index (χ1n) is 14.2. The summed E-state index contributed by atoms with van der Waals surface area (Å²) in [4.78, 5) is 37.7. The molecule has 3 N–H and O–H groups in total. The molecule has 0 spiro atoms. The fraction of sp³-hybridized carbons (Fsp3) is 0.500. The molecular weight excluding hydrogens is 605 g/mol. The van der Waals surface area contributed by atoms with E-state index in [0.29, 0.717) is 5.69 Å². The highest BCUT2D eigenvalue weighted by Crippen LogP contribution is 2.78. The number of ether oxygens (including phenoxy) is 1. The highest BCUT2D eigenvalue weighted by molar-refractivity contribution is 6.06. The number of carbonyl (C=O) groups is 3. The first-order chi connectivity index (χ1) is 20.8. The van der Waals surface area contributed by atoms with E-state index in [1.807, 2.05) is 0 Å². The van der Waals surface area contributed by atoms with Crippen molar-refractivity contribution in [2.24, 2.45) is 11.1 Å². The lowest BCUT2D eigenvalue weighted by atomic mass is 9.34. The third kappa shape index (κ3) is 5.68. The minimum absolute atomic E-state index is 0.0777. The van der Waals surface area contributed by atoms with Crippen LogP contribution in [0.15, 0.2) is 22.7 Å². The molecule has 3 saturated carbocycles. The zero-order valence-corrected chi connectivity index (χ0v) is 25.2. The Hall–Kier alpha value is -4.30. The third-order valence-electron chi connectivity index (χ3n) is 8.18. The number of hydrogen-bond donors (Lipinski definition) is 2. The van der Waals surface area contributed by atoms with E-state index >= 15 is 8.78 Å². The van der Waals surface area contributed by atoms with Crippen LogP contribution in [-0.2, 0) is 27.8 Å². The molecule has 0 unspecified atom stereocenters. The van der Waals surface area contributed by atoms with Crippen molar-refractivity contribution in [1.82, 2.24) is 14.9 Å². The van der Waals surface area contributed by atoms with Gasteiger partial charge < -0.3 is 15.0 Å². The largest absolute Gasteiger partial charge is 0.444 e. The van der Waals surface area contributed by atoms with E-state index in [0.717, 1.165) is 12.1 Å². The minimum atomic E-state index is -4.28. The van der Waals surface area contributed by atoms with Crippen molar-refractivity contribution in [3.8, 4) is 11.3 Å². The van der Waals surface area contributed by atoms with Gasteiger partial charge in [0.25, 0.3) is 5.91 Å². The highest BCUT2D eigenvalue weighted by Gasteiger charge is 2.79. The molecule has 3 aliphatic rings. The molecule has 242 valence electrons. The van der Waals surface area contributed by atoms with Gasteiger partial charge >= 0.3 is 12.3 Å². The van der Waals surface area contributed by atoms with Crippen molar-refractivity contribution in [2.75, 3.05) is 5.32 Å². The van der Waals surface area contributed by atoms with Gasteiger partial charge in [-0.05, 0) is 65.5 Å². The molecule has 10 nitrogen and oxygen atoms in total. The topological polar surface area (TPSA) is 142 Å². The number of rotatable bonds is 9. The average molecular weight is 638 g/mol. The fourth-order valence-electron chi connectivity index (χ4n) is 6.13. The van der Waals surface area contributed by atoms with Crippen molar-refractivity contribution in [3.05, 3.63) is 52.4 Å². The van der Waals surface area contributed by atoms with Crippen LogP contribution >= 0.6 is 0 Å². The third-order valence-corrected chi connectivity index (χ3v) is 8.18. The number of anilines is 1. The summed E-state index contributed by atoms with van der Waals surface area (Å²) in [5, 5.41) is 10.5. The van der Waals surface area contributed by atoms with Gasteiger partial charge in [0.15, 0.2) is 11.6 Å². The lowest BCUT2D eigenvalue weighted by Gasteiger charge is -2.69. The Bertz CT molecular complexity index is 1680. The number of alkyl halides is 3. The second-order valence-electron chi connectivity index (χ2n) is 13.2. The number of carbonyl (C=O) groups excluding carboxylic acids is 3. The summed E-state index contributed by atoms with van der Waals surface area (Å²) in [6.45, 7) is 8.25. The zero-order chi connectivity index (χ0) is 33.3. The molecule has 15 heteroatoms. The predicted octanol–water partition coefficient (Wildman–Crippen LogP) is 6.18. The van der Waals surface area contributed by atoms with Crippen LogP contribution in [0.25, 0.3) is 11.3 Å². The van der Waals surface area contributed by atoms with Crippen LogP contribution in [0.3, 0.4) is 0 Å². The molecule has 2 heterocycles. The zero-order valence-electron chi connectivity index (χ0n) is 25.2. The summed E-state index contributed by atoms with van der Waals surface area (Å²) in [6, 6.07) is 3.29. The molecule has 0 radical (unpaired) electrons. The Morgan fingerprint density at radius 1 is 1.09 bits per heavy atom. The summed E-state index contributed by atoms with van der Waals surface area (Å²) in [6.07, 6.45) is -6.30. The van der Waals surface area contributed by atoms with E-state index in [-0.39, 0.29) is 54.1 Å². The van der Waals surface area contributed by atoms with Gasteiger partial charge in [-0.15, -0.1) is 0 Å². The number of nitrogens with two attached hydrogens (primary N) is 1. The predicted molar refractivity (Wildman–Crippen MR) is 149 cm³/mol. The normalized spacial score (nSPS) is 20.9. The van der Waals surface area contributed by atoms with Crippen LogP contribution in [-0.4, -0.2) is 44.5 Å². The Kier molecular flexibility index (Phi) is 7.60. The van der Waals surface area contributed by atoms with Crippen LogP contribution in [0.4, 0.5) is 32.6 Å². The van der Waals surface area contributed by atoms with Gasteiger partial charge in [0, 0.05) is 29.5 Å². The van der Waals surface area contributed by atoms with Crippen LogP contribution < -0.4 is 11.1 Å². The molecule has 0 aliphatic heterocycles. The number of nitrogens with zero attached hydrogens (tertiary/aromatic N) is 3. The van der Waals surface area contributed by atoms with Crippen molar-refractivity contribution < 1.29 is 45.6 Å². The van der Waals surface area contributed by atoms with Crippen LogP contribution in [0, 0.1) is 17.0 Å². The standard InChI is InChI=1S/C30H32F5N5O5/c1-14(2)40-25(37-26(43)44-27(3,4)5)20(24(36)42)23(38-40)18-7-6-15(21(31)22(18)32)8-16(41)9-17-10-19(39-45-17)28-11-29(12-28,13-28)30(33,34)35/h6-7,10,14H,8-9,11-13H2,1-5H3,(H2,36,42)(H,37,43). The molecule has 6 rings (SSSR count). The smallest absolute Gasteiger partial charge is 0.413 e. The summed E-state index contributed by atoms with van der Waals surface area (Å²) in [5.74, 6) is -4.45. The second-order valence-corrected chi connectivity index (χ2v) is 13.2. The average Bonchev–Trinajstić information content (AvgIpc) is 3.43. The molecule has 3 fully saturated rings. The number of ketones is 1. The number of halogens is 5. The Morgan fingerprint density at radius 2 is 1.73 bits per heavy atom. The molecular formula is C30H32F5N5O5. The molecule has 2 bridgehead atoms. The van der Waals surface area contributed by atoms with Gasteiger partial charge in [-0.3, -0.25) is 14.9 Å². The number of amides is 2. The summed E-state index contributed by atoms with van der Waals surface area (Å²) < 4.78 is 82.0. The van der Waals surface area contributed by atoms with Gasteiger partial charge in [-0.2, -0.15) is 18.3 Å². The lowest BCUT2D eigenvalue weighted by Crippen LogP contribution is -2.70. The first kappa shape index (κ1) is 32.1. The van der Waals surface area contributed by atoms with E-state index < -0.39 is 70.1 Å². The monoisotopic (exact) mass is 637 g/mol. The maximum Gasteiger partial charge on any atom is 0.413 e. The van der Waals surface area contributed by atoms with Crippen LogP contribution in [0.5, 0.6) is 0 Å². The summed E-state index contributed by atoms with van der Waals surface area (Å²) in [5.41, 5.74) is 1.26. The maximum atomic E-state index is 15.5. The SMILES string of the molecule is CC(C)n1nc(-c2ccc(CC(=O)Cc3cc(C45CC(C(F)(F)F)(C4)C5)no3)c(F)c2F)c(C(N)=O)c1NC(=O)OC(C)(C)C. The number of aromatic nitrogens is 3. The van der Waals surface area contributed by atoms with Crippen molar-refractivity contribution >= 4 is 23.6 Å². The molecule has 1 aromatic carbocycles. The Balaban J connectivity index is 1.34. The van der Waals surface area contributed by atoms with E-state index in [1.54, 1.807) is 34.6 Å².